The summed E-state index contributed by atoms with van der Waals surface area (Å²) < 4.78 is 9.74. The normalized spacial score (nSPS) is 14.4. The van der Waals surface area contributed by atoms with Crippen molar-refractivity contribution in [1.29, 1.82) is 0 Å². The molecule has 0 heterocycles. The maximum absolute atomic E-state index is 11.8. The average molecular weight is 274 g/mol. The van der Waals surface area contributed by atoms with Crippen LogP contribution in [0.3, 0.4) is 0 Å². The monoisotopic (exact) mass is 274 g/mol. The topological polar surface area (TPSA) is 89.9 Å². The van der Waals surface area contributed by atoms with Gasteiger partial charge in [0.05, 0.1) is 18.6 Å². The van der Waals surface area contributed by atoms with Gasteiger partial charge in [-0.25, -0.2) is 0 Å². The van der Waals surface area contributed by atoms with Gasteiger partial charge in [-0.15, -0.1) is 0 Å². The van der Waals surface area contributed by atoms with Crippen LogP contribution < -0.4 is 0 Å². The number of ketones is 1. The maximum atomic E-state index is 11.8. The molecule has 6 nitrogen and oxygen atoms in total. The van der Waals surface area contributed by atoms with E-state index in [0.717, 1.165) is 6.92 Å². The zero-order valence-electron chi connectivity index (χ0n) is 12.1. The molecule has 0 saturated heterocycles. The van der Waals surface area contributed by atoms with Crippen molar-refractivity contribution in [2.75, 3.05) is 19.8 Å². The second-order valence-corrected chi connectivity index (χ2v) is 5.34. The summed E-state index contributed by atoms with van der Waals surface area (Å²) in [5, 5.41) is 9.35. The van der Waals surface area contributed by atoms with Crippen molar-refractivity contribution in [3.63, 3.8) is 0 Å². The van der Waals surface area contributed by atoms with E-state index >= 15 is 0 Å². The third-order valence-electron chi connectivity index (χ3n) is 2.67. The third kappa shape index (κ3) is 4.31. The molecule has 0 fully saturated rings. The van der Waals surface area contributed by atoms with Crippen molar-refractivity contribution in [3.05, 3.63) is 0 Å². The lowest BCUT2D eigenvalue weighted by atomic mass is 9.85. The van der Waals surface area contributed by atoms with Crippen LogP contribution in [0, 0.1) is 10.8 Å². The molecular weight excluding hydrogens is 252 g/mol. The van der Waals surface area contributed by atoms with E-state index in [9.17, 15) is 19.5 Å². The van der Waals surface area contributed by atoms with Gasteiger partial charge in [0.25, 0.3) is 0 Å². The fourth-order valence-electron chi connectivity index (χ4n) is 1.20. The minimum Gasteiger partial charge on any atom is -0.465 e. The summed E-state index contributed by atoms with van der Waals surface area (Å²) in [6.07, 6.45) is 0. The molecule has 0 aliphatic carbocycles. The van der Waals surface area contributed by atoms with Crippen LogP contribution in [0.2, 0.25) is 0 Å². The molecule has 1 N–H and O–H groups in total. The number of Topliss-reactive ketones (excluding diaryl/α,β-unsaturated/α-hetero) is 1. The third-order valence-corrected chi connectivity index (χ3v) is 2.67. The fraction of sp³-hybridized carbons (Fsp3) is 0.769. The van der Waals surface area contributed by atoms with Gasteiger partial charge in [-0.05, 0) is 34.6 Å². The Balaban J connectivity index is 5.03. The molecule has 1 unspecified atom stereocenters. The maximum Gasteiger partial charge on any atom is 0.325 e. The summed E-state index contributed by atoms with van der Waals surface area (Å²) in [6, 6.07) is 0. The number of rotatable bonds is 6. The first-order valence-electron chi connectivity index (χ1n) is 6.08. The van der Waals surface area contributed by atoms with Crippen molar-refractivity contribution < 1.29 is 29.0 Å². The molecule has 19 heavy (non-hydrogen) atoms. The Morgan fingerprint density at radius 2 is 1.58 bits per heavy atom. The zero-order valence-corrected chi connectivity index (χ0v) is 12.1. The lowest BCUT2D eigenvalue weighted by Gasteiger charge is -2.27. The van der Waals surface area contributed by atoms with Gasteiger partial charge in [0.2, 0.25) is 0 Å². The van der Waals surface area contributed by atoms with Gasteiger partial charge in [-0.2, -0.15) is 0 Å². The number of hydrogen-bond acceptors (Lipinski definition) is 6. The van der Waals surface area contributed by atoms with Crippen LogP contribution in [0.1, 0.15) is 34.6 Å². The highest BCUT2D eigenvalue weighted by Gasteiger charge is 2.46. The Hall–Kier alpha value is -1.43. The zero-order chi connectivity index (χ0) is 15.3. The Morgan fingerprint density at radius 3 is 1.89 bits per heavy atom. The van der Waals surface area contributed by atoms with E-state index in [4.69, 9.17) is 9.47 Å². The smallest absolute Gasteiger partial charge is 0.325 e. The van der Waals surface area contributed by atoms with Crippen LogP contribution in [0.5, 0.6) is 0 Å². The van der Waals surface area contributed by atoms with Crippen LogP contribution in [-0.4, -0.2) is 42.6 Å². The fourth-order valence-corrected chi connectivity index (χ4v) is 1.20. The first-order valence-corrected chi connectivity index (χ1v) is 6.08. The summed E-state index contributed by atoms with van der Waals surface area (Å²) in [5.74, 6) is -2.04. The Morgan fingerprint density at radius 1 is 1.05 bits per heavy atom. The van der Waals surface area contributed by atoms with E-state index in [2.05, 4.69) is 0 Å². The number of carbonyl (C=O) groups excluding carboxylic acids is 3. The molecule has 0 aliphatic rings. The highest BCUT2D eigenvalue weighted by Crippen LogP contribution is 2.24. The molecule has 0 aliphatic heterocycles. The molecular formula is C13H22O6. The SMILES string of the molecule is CCOC(=O)C(CO)(COC(=O)C(C)(C)C)C(C)=O. The minimum atomic E-state index is -1.84. The summed E-state index contributed by atoms with van der Waals surface area (Å²) in [4.78, 5) is 35.1. The molecule has 0 bridgehead atoms. The van der Waals surface area contributed by atoms with Gasteiger partial charge in [0, 0.05) is 0 Å². The molecule has 6 heteroatoms. The summed E-state index contributed by atoms with van der Waals surface area (Å²) in [7, 11) is 0. The number of esters is 2. The molecule has 0 aromatic carbocycles. The molecule has 110 valence electrons. The van der Waals surface area contributed by atoms with Gasteiger partial charge in [0.15, 0.2) is 11.2 Å². The molecule has 0 aromatic rings. The number of hydrogen-bond donors (Lipinski definition) is 1. The van der Waals surface area contributed by atoms with Crippen LogP contribution in [0.4, 0.5) is 0 Å². The van der Waals surface area contributed by atoms with E-state index in [1.54, 1.807) is 27.7 Å². The molecule has 0 amide bonds. The van der Waals surface area contributed by atoms with Crippen molar-refractivity contribution in [2.24, 2.45) is 10.8 Å². The van der Waals surface area contributed by atoms with Crippen LogP contribution in [0.25, 0.3) is 0 Å². The lowest BCUT2D eigenvalue weighted by Crippen LogP contribution is -2.47. The summed E-state index contributed by atoms with van der Waals surface area (Å²) in [6.45, 7) is 6.46. The van der Waals surface area contributed by atoms with Gasteiger partial charge < -0.3 is 14.6 Å². The summed E-state index contributed by atoms with van der Waals surface area (Å²) in [5.41, 5.74) is -2.59. The largest absolute Gasteiger partial charge is 0.465 e. The van der Waals surface area contributed by atoms with Crippen molar-refractivity contribution in [3.8, 4) is 0 Å². The first kappa shape index (κ1) is 17.6. The van der Waals surface area contributed by atoms with E-state index in [-0.39, 0.29) is 6.61 Å². The van der Waals surface area contributed by atoms with Crippen molar-refractivity contribution >= 4 is 17.7 Å². The van der Waals surface area contributed by atoms with Gasteiger partial charge in [0.1, 0.15) is 6.61 Å². The van der Waals surface area contributed by atoms with Crippen molar-refractivity contribution in [2.45, 2.75) is 34.6 Å². The molecule has 0 spiro atoms. The highest BCUT2D eigenvalue weighted by atomic mass is 16.6. The predicted molar refractivity (Wildman–Crippen MR) is 67.2 cm³/mol. The van der Waals surface area contributed by atoms with E-state index < -0.39 is 41.8 Å². The number of aliphatic hydroxyl groups is 1. The highest BCUT2D eigenvalue weighted by molar-refractivity contribution is 6.03. The molecule has 0 saturated carbocycles. The van der Waals surface area contributed by atoms with E-state index in [1.165, 1.54) is 0 Å². The van der Waals surface area contributed by atoms with Gasteiger partial charge in [-0.1, -0.05) is 0 Å². The van der Waals surface area contributed by atoms with Crippen LogP contribution >= 0.6 is 0 Å². The molecule has 0 rings (SSSR count). The quantitative estimate of drug-likeness (QED) is 0.566. The van der Waals surface area contributed by atoms with Crippen molar-refractivity contribution in [1.82, 2.24) is 0 Å². The van der Waals surface area contributed by atoms with E-state index in [0.29, 0.717) is 0 Å². The van der Waals surface area contributed by atoms with E-state index in [1.807, 2.05) is 0 Å². The van der Waals surface area contributed by atoms with Crippen LogP contribution in [-0.2, 0) is 23.9 Å². The van der Waals surface area contributed by atoms with Gasteiger partial charge in [-0.3, -0.25) is 14.4 Å². The molecule has 0 aromatic heterocycles. The molecule has 1 atom stereocenters. The minimum absolute atomic E-state index is 0.0705. The van der Waals surface area contributed by atoms with Gasteiger partial charge >= 0.3 is 11.9 Å². The Labute approximate surface area is 113 Å². The molecule has 0 radical (unpaired) electrons. The Kier molecular flexibility index (Phi) is 6.15. The standard InChI is InChI=1S/C13H22O6/c1-6-18-11(17)13(7-14,9(2)15)8-19-10(16)12(3,4)5/h14H,6-8H2,1-5H3. The average Bonchev–Trinajstić information content (AvgIpc) is 2.28. The Bertz CT molecular complexity index is 355. The number of ether oxygens (including phenoxy) is 2. The second-order valence-electron chi connectivity index (χ2n) is 5.34. The number of aliphatic hydroxyl groups excluding tert-OH is 1. The first-order chi connectivity index (χ1) is 8.61. The number of carbonyl (C=O) groups is 3. The predicted octanol–water partition coefficient (Wildman–Crippen LogP) is 0.706. The summed E-state index contributed by atoms with van der Waals surface area (Å²) >= 11 is 0. The second kappa shape index (κ2) is 6.65. The lowest BCUT2D eigenvalue weighted by molar-refractivity contribution is -0.172. The van der Waals surface area contributed by atoms with Crippen LogP contribution in [0.15, 0.2) is 0 Å².